The van der Waals surface area contributed by atoms with Crippen molar-refractivity contribution in [2.24, 2.45) is 5.92 Å². The van der Waals surface area contributed by atoms with Crippen LogP contribution in [0.4, 0.5) is 0 Å². The van der Waals surface area contributed by atoms with Gasteiger partial charge in [-0.05, 0) is 29.0 Å². The average Bonchev–Trinajstić information content (AvgIpc) is 2.49. The van der Waals surface area contributed by atoms with Crippen LogP contribution in [-0.4, -0.2) is 0 Å². The van der Waals surface area contributed by atoms with Crippen LogP contribution >= 0.6 is 0 Å². The van der Waals surface area contributed by atoms with Crippen molar-refractivity contribution in [3.63, 3.8) is 0 Å². The minimum atomic E-state index is 0.405. The van der Waals surface area contributed by atoms with E-state index in [4.69, 9.17) is 0 Å². The smallest absolute Gasteiger partial charge is 0.0346 e. The Morgan fingerprint density at radius 3 is 2.00 bits per heavy atom. The van der Waals surface area contributed by atoms with Gasteiger partial charge in [0.25, 0.3) is 0 Å². The second-order valence-electron chi connectivity index (χ2n) is 5.68. The summed E-state index contributed by atoms with van der Waals surface area (Å²) in [5.74, 6) is 0.576. The van der Waals surface area contributed by atoms with E-state index in [1.165, 1.54) is 16.7 Å². The molecule has 0 spiro atoms. The molecule has 0 aliphatic carbocycles. The third-order valence-corrected chi connectivity index (χ3v) is 3.78. The number of benzene rings is 2. The van der Waals surface area contributed by atoms with Crippen molar-refractivity contribution in [1.82, 2.24) is 5.32 Å². The highest BCUT2D eigenvalue weighted by molar-refractivity contribution is 5.23. The molecule has 1 atom stereocenters. The first-order valence-corrected chi connectivity index (χ1v) is 7.57. The summed E-state index contributed by atoms with van der Waals surface area (Å²) in [5, 5.41) is 3.69. The third-order valence-electron chi connectivity index (χ3n) is 3.78. The Morgan fingerprint density at radius 1 is 0.850 bits per heavy atom. The molecule has 0 saturated heterocycles. The monoisotopic (exact) mass is 267 g/mol. The van der Waals surface area contributed by atoms with Gasteiger partial charge in [-0.25, -0.2) is 0 Å². The molecule has 0 fully saturated rings. The van der Waals surface area contributed by atoms with Crippen LogP contribution in [0, 0.1) is 5.92 Å². The van der Waals surface area contributed by atoms with Crippen LogP contribution in [0.2, 0.25) is 0 Å². The molecule has 2 rings (SSSR count). The van der Waals surface area contributed by atoms with Crippen molar-refractivity contribution in [2.45, 2.75) is 39.8 Å². The van der Waals surface area contributed by atoms with Gasteiger partial charge in [0.1, 0.15) is 0 Å². The molecule has 0 aliphatic heterocycles. The van der Waals surface area contributed by atoms with Crippen LogP contribution in [0.1, 0.15) is 43.5 Å². The van der Waals surface area contributed by atoms with Crippen molar-refractivity contribution in [1.29, 1.82) is 0 Å². The summed E-state index contributed by atoms with van der Waals surface area (Å²) in [6, 6.07) is 20.0. The predicted molar refractivity (Wildman–Crippen MR) is 86.7 cm³/mol. The van der Waals surface area contributed by atoms with E-state index in [9.17, 15) is 0 Å². The van der Waals surface area contributed by atoms with Crippen LogP contribution in [0.5, 0.6) is 0 Å². The largest absolute Gasteiger partial charge is 0.306 e. The number of hydrogen-bond acceptors (Lipinski definition) is 1. The summed E-state index contributed by atoms with van der Waals surface area (Å²) in [6.45, 7) is 7.65. The predicted octanol–water partition coefficient (Wildman–Crippen LogP) is 4.74. The maximum atomic E-state index is 3.69. The van der Waals surface area contributed by atoms with Gasteiger partial charge in [-0.2, -0.15) is 0 Å². The lowest BCUT2D eigenvalue weighted by molar-refractivity contribution is 0.410. The fraction of sp³-hybridized carbons (Fsp3) is 0.368. The minimum Gasteiger partial charge on any atom is -0.306 e. The maximum Gasteiger partial charge on any atom is 0.0346 e. The molecular formula is C19H25N. The van der Waals surface area contributed by atoms with E-state index >= 15 is 0 Å². The van der Waals surface area contributed by atoms with Crippen molar-refractivity contribution in [2.75, 3.05) is 0 Å². The lowest BCUT2D eigenvalue weighted by atomic mass is 9.96. The van der Waals surface area contributed by atoms with Crippen molar-refractivity contribution >= 4 is 0 Å². The molecule has 0 saturated carbocycles. The molecule has 1 unspecified atom stereocenters. The van der Waals surface area contributed by atoms with E-state index < -0.39 is 0 Å². The Hall–Kier alpha value is -1.60. The molecule has 0 heterocycles. The zero-order valence-electron chi connectivity index (χ0n) is 12.8. The van der Waals surface area contributed by atoms with Gasteiger partial charge >= 0.3 is 0 Å². The van der Waals surface area contributed by atoms with E-state index in [1.54, 1.807) is 0 Å². The fourth-order valence-corrected chi connectivity index (χ4v) is 2.52. The van der Waals surface area contributed by atoms with E-state index in [0.717, 1.165) is 13.0 Å². The van der Waals surface area contributed by atoms with Crippen LogP contribution in [-0.2, 0) is 13.0 Å². The highest BCUT2D eigenvalue weighted by Crippen LogP contribution is 2.21. The highest BCUT2D eigenvalue weighted by Gasteiger charge is 2.14. The fourth-order valence-electron chi connectivity index (χ4n) is 2.52. The number of aryl methyl sites for hydroxylation is 1. The van der Waals surface area contributed by atoms with E-state index in [2.05, 4.69) is 80.7 Å². The molecule has 20 heavy (non-hydrogen) atoms. The van der Waals surface area contributed by atoms with Crippen molar-refractivity contribution in [3.05, 3.63) is 71.3 Å². The maximum absolute atomic E-state index is 3.69. The minimum absolute atomic E-state index is 0.405. The zero-order valence-corrected chi connectivity index (χ0v) is 12.8. The molecule has 0 radical (unpaired) electrons. The normalized spacial score (nSPS) is 12.6. The SMILES string of the molecule is CCc1ccc(CNC(c2ccccc2)C(C)C)cc1. The molecule has 106 valence electrons. The second kappa shape index (κ2) is 7.25. The molecule has 1 heteroatoms. The second-order valence-corrected chi connectivity index (χ2v) is 5.68. The zero-order chi connectivity index (χ0) is 14.4. The molecule has 0 aliphatic rings. The summed E-state index contributed by atoms with van der Waals surface area (Å²) in [4.78, 5) is 0. The van der Waals surface area contributed by atoms with Gasteiger partial charge in [-0.1, -0.05) is 75.4 Å². The number of rotatable bonds is 6. The quantitative estimate of drug-likeness (QED) is 0.797. The Bertz CT molecular complexity index is 499. The summed E-state index contributed by atoms with van der Waals surface area (Å²) in [6.07, 6.45) is 1.10. The van der Waals surface area contributed by atoms with E-state index in [0.29, 0.717) is 12.0 Å². The van der Waals surface area contributed by atoms with Gasteiger partial charge in [-0.3, -0.25) is 0 Å². The lowest BCUT2D eigenvalue weighted by Gasteiger charge is -2.23. The summed E-state index contributed by atoms with van der Waals surface area (Å²) in [7, 11) is 0. The first-order chi connectivity index (χ1) is 9.70. The van der Waals surface area contributed by atoms with Gasteiger partial charge < -0.3 is 5.32 Å². The van der Waals surface area contributed by atoms with Gasteiger partial charge in [0.15, 0.2) is 0 Å². The molecule has 1 nitrogen and oxygen atoms in total. The van der Waals surface area contributed by atoms with Gasteiger partial charge in [-0.15, -0.1) is 0 Å². The van der Waals surface area contributed by atoms with Crippen LogP contribution < -0.4 is 5.32 Å². The molecule has 2 aromatic carbocycles. The first-order valence-electron chi connectivity index (χ1n) is 7.57. The first kappa shape index (κ1) is 14.8. The summed E-state index contributed by atoms with van der Waals surface area (Å²) in [5.41, 5.74) is 4.12. The molecule has 0 amide bonds. The Labute approximate surface area is 123 Å². The van der Waals surface area contributed by atoms with Gasteiger partial charge in [0.05, 0.1) is 0 Å². The number of hydrogen-bond donors (Lipinski definition) is 1. The Balaban J connectivity index is 2.02. The molecule has 1 N–H and O–H groups in total. The standard InChI is InChI=1S/C19H25N/c1-4-16-10-12-17(13-11-16)14-20-19(15(2)3)18-8-6-5-7-9-18/h5-13,15,19-20H,4,14H2,1-3H3. The third kappa shape index (κ3) is 3.94. The topological polar surface area (TPSA) is 12.0 Å². The molecule has 2 aromatic rings. The van der Waals surface area contributed by atoms with Gasteiger partial charge in [0.2, 0.25) is 0 Å². The summed E-state index contributed by atoms with van der Waals surface area (Å²) >= 11 is 0. The molecule has 0 aromatic heterocycles. The Kier molecular flexibility index (Phi) is 5.37. The lowest BCUT2D eigenvalue weighted by Crippen LogP contribution is -2.25. The number of nitrogens with one attached hydrogen (secondary N) is 1. The van der Waals surface area contributed by atoms with E-state index in [-0.39, 0.29) is 0 Å². The molecule has 0 bridgehead atoms. The molecular weight excluding hydrogens is 242 g/mol. The van der Waals surface area contributed by atoms with E-state index in [1.807, 2.05) is 0 Å². The van der Waals surface area contributed by atoms with Crippen molar-refractivity contribution in [3.8, 4) is 0 Å². The van der Waals surface area contributed by atoms with Crippen LogP contribution in [0.15, 0.2) is 54.6 Å². The Morgan fingerprint density at radius 2 is 1.45 bits per heavy atom. The van der Waals surface area contributed by atoms with Crippen LogP contribution in [0.3, 0.4) is 0 Å². The van der Waals surface area contributed by atoms with Crippen LogP contribution in [0.25, 0.3) is 0 Å². The summed E-state index contributed by atoms with van der Waals surface area (Å²) < 4.78 is 0. The highest BCUT2D eigenvalue weighted by atomic mass is 14.9. The van der Waals surface area contributed by atoms with Gasteiger partial charge in [0, 0.05) is 12.6 Å². The van der Waals surface area contributed by atoms with Crippen molar-refractivity contribution < 1.29 is 0 Å². The average molecular weight is 267 g/mol.